The molecule has 1 rings (SSSR count). The molecule has 0 aliphatic rings. The van der Waals surface area contributed by atoms with Gasteiger partial charge >= 0.3 is 0 Å². The second-order valence-corrected chi connectivity index (χ2v) is 5.20. The quantitative estimate of drug-likeness (QED) is 0.610. The van der Waals surface area contributed by atoms with Crippen LogP contribution in [0.5, 0.6) is 0 Å². The standard InChI is InChI=1S/C15H29N5O/c1-5-8-16-13-11-14(17-9-7-10-20(3)4)19-15(18-13)12-21-6-2/h11H,5-10,12H2,1-4H3,(H2,16,17,18,19). The summed E-state index contributed by atoms with van der Waals surface area (Å²) in [5, 5.41) is 6.67. The maximum Gasteiger partial charge on any atom is 0.158 e. The molecule has 1 aromatic heterocycles. The molecule has 0 saturated carbocycles. The number of nitrogens with one attached hydrogen (secondary N) is 2. The molecule has 120 valence electrons. The van der Waals surface area contributed by atoms with Crippen molar-refractivity contribution in [2.45, 2.75) is 33.3 Å². The number of nitrogens with zero attached hydrogens (tertiary/aromatic N) is 3. The molecular formula is C15H29N5O. The van der Waals surface area contributed by atoms with E-state index in [1.807, 2.05) is 13.0 Å². The fourth-order valence-electron chi connectivity index (χ4n) is 1.80. The van der Waals surface area contributed by atoms with Gasteiger partial charge in [-0.1, -0.05) is 6.92 Å². The van der Waals surface area contributed by atoms with Crippen LogP contribution >= 0.6 is 0 Å². The van der Waals surface area contributed by atoms with Gasteiger partial charge in [0.25, 0.3) is 0 Å². The first-order valence-corrected chi connectivity index (χ1v) is 7.73. The molecule has 0 radical (unpaired) electrons. The summed E-state index contributed by atoms with van der Waals surface area (Å²) in [6.45, 7) is 8.09. The van der Waals surface area contributed by atoms with Gasteiger partial charge in [0.2, 0.25) is 0 Å². The molecule has 0 unspecified atom stereocenters. The van der Waals surface area contributed by atoms with Crippen molar-refractivity contribution < 1.29 is 4.74 Å². The second-order valence-electron chi connectivity index (χ2n) is 5.20. The molecule has 0 aliphatic carbocycles. The van der Waals surface area contributed by atoms with Crippen LogP contribution in [0, 0.1) is 0 Å². The van der Waals surface area contributed by atoms with Gasteiger partial charge in [0.05, 0.1) is 0 Å². The molecule has 2 N–H and O–H groups in total. The van der Waals surface area contributed by atoms with Crippen LogP contribution in [0.3, 0.4) is 0 Å². The SMILES string of the molecule is CCCNc1cc(NCCCN(C)C)nc(COCC)n1. The summed E-state index contributed by atoms with van der Waals surface area (Å²) in [5.41, 5.74) is 0. The van der Waals surface area contributed by atoms with E-state index in [0.29, 0.717) is 19.0 Å². The molecule has 0 atom stereocenters. The highest BCUT2D eigenvalue weighted by molar-refractivity contribution is 5.47. The zero-order valence-electron chi connectivity index (χ0n) is 13.8. The Kier molecular flexibility index (Phi) is 8.69. The van der Waals surface area contributed by atoms with Gasteiger partial charge in [-0.15, -0.1) is 0 Å². The molecule has 0 amide bonds. The van der Waals surface area contributed by atoms with Crippen molar-refractivity contribution in [2.24, 2.45) is 0 Å². The van der Waals surface area contributed by atoms with Crippen molar-refractivity contribution in [3.05, 3.63) is 11.9 Å². The number of anilines is 2. The molecule has 0 fully saturated rings. The van der Waals surface area contributed by atoms with Crippen LogP contribution < -0.4 is 10.6 Å². The molecule has 0 aromatic carbocycles. The lowest BCUT2D eigenvalue weighted by Crippen LogP contribution is -2.17. The van der Waals surface area contributed by atoms with E-state index in [-0.39, 0.29) is 0 Å². The number of rotatable bonds is 11. The molecule has 1 heterocycles. The summed E-state index contributed by atoms with van der Waals surface area (Å²) >= 11 is 0. The van der Waals surface area contributed by atoms with Gasteiger partial charge in [-0.25, -0.2) is 9.97 Å². The zero-order chi connectivity index (χ0) is 15.5. The normalized spacial score (nSPS) is 10.9. The Hall–Kier alpha value is -1.40. The lowest BCUT2D eigenvalue weighted by atomic mass is 10.4. The van der Waals surface area contributed by atoms with Crippen LogP contribution in [0.1, 0.15) is 32.5 Å². The average molecular weight is 295 g/mol. The van der Waals surface area contributed by atoms with Gasteiger partial charge in [-0.2, -0.15) is 0 Å². The summed E-state index contributed by atoms with van der Waals surface area (Å²) in [5.74, 6) is 2.43. The predicted octanol–water partition coefficient (Wildman–Crippen LogP) is 2.20. The van der Waals surface area contributed by atoms with Crippen molar-refractivity contribution >= 4 is 11.6 Å². The largest absolute Gasteiger partial charge is 0.374 e. The fourth-order valence-corrected chi connectivity index (χ4v) is 1.80. The van der Waals surface area contributed by atoms with E-state index in [1.165, 1.54) is 0 Å². The third-order valence-electron chi connectivity index (χ3n) is 2.85. The predicted molar refractivity (Wildman–Crippen MR) is 87.8 cm³/mol. The maximum atomic E-state index is 5.40. The van der Waals surface area contributed by atoms with Gasteiger partial charge in [0.1, 0.15) is 18.2 Å². The van der Waals surface area contributed by atoms with Crippen LogP contribution in [0.2, 0.25) is 0 Å². The fraction of sp³-hybridized carbons (Fsp3) is 0.733. The van der Waals surface area contributed by atoms with E-state index in [9.17, 15) is 0 Å². The van der Waals surface area contributed by atoms with Gasteiger partial charge in [-0.3, -0.25) is 0 Å². The minimum atomic E-state index is 0.449. The molecule has 6 heteroatoms. The highest BCUT2D eigenvalue weighted by Crippen LogP contribution is 2.12. The highest BCUT2D eigenvalue weighted by atomic mass is 16.5. The van der Waals surface area contributed by atoms with Crippen molar-refractivity contribution in [3.63, 3.8) is 0 Å². The summed E-state index contributed by atoms with van der Waals surface area (Å²) in [6, 6.07) is 1.96. The van der Waals surface area contributed by atoms with Crippen LogP contribution in [0.15, 0.2) is 6.07 Å². The molecule has 0 aliphatic heterocycles. The topological polar surface area (TPSA) is 62.3 Å². The zero-order valence-corrected chi connectivity index (χ0v) is 13.8. The summed E-state index contributed by atoms with van der Waals surface area (Å²) in [7, 11) is 4.16. The van der Waals surface area contributed by atoms with Gasteiger partial charge in [0.15, 0.2) is 5.82 Å². The van der Waals surface area contributed by atoms with Crippen molar-refractivity contribution in [1.82, 2.24) is 14.9 Å². The van der Waals surface area contributed by atoms with Crippen LogP contribution in [0.4, 0.5) is 11.6 Å². The minimum absolute atomic E-state index is 0.449. The Bertz CT molecular complexity index is 371. The maximum absolute atomic E-state index is 5.40. The van der Waals surface area contributed by atoms with E-state index < -0.39 is 0 Å². The minimum Gasteiger partial charge on any atom is -0.374 e. The first-order chi connectivity index (χ1) is 10.2. The van der Waals surface area contributed by atoms with Gasteiger partial charge in [0, 0.05) is 25.8 Å². The summed E-state index contributed by atoms with van der Waals surface area (Å²) < 4.78 is 5.40. The van der Waals surface area contributed by atoms with E-state index in [2.05, 4.69) is 46.5 Å². The lowest BCUT2D eigenvalue weighted by Gasteiger charge is -2.12. The Morgan fingerprint density at radius 1 is 1.10 bits per heavy atom. The molecule has 6 nitrogen and oxygen atoms in total. The van der Waals surface area contributed by atoms with Crippen molar-refractivity contribution in [1.29, 1.82) is 0 Å². The Morgan fingerprint density at radius 3 is 2.33 bits per heavy atom. The van der Waals surface area contributed by atoms with Crippen LogP contribution in [-0.4, -0.2) is 55.2 Å². The average Bonchev–Trinajstić information content (AvgIpc) is 2.47. The first-order valence-electron chi connectivity index (χ1n) is 7.73. The molecular weight excluding hydrogens is 266 g/mol. The number of hydrogen-bond acceptors (Lipinski definition) is 6. The van der Waals surface area contributed by atoms with Crippen LogP contribution in [0.25, 0.3) is 0 Å². The summed E-state index contributed by atoms with van der Waals surface area (Å²) in [4.78, 5) is 11.1. The van der Waals surface area contributed by atoms with Gasteiger partial charge in [-0.05, 0) is 40.4 Å². The number of ether oxygens (including phenoxy) is 1. The Balaban J connectivity index is 2.61. The third kappa shape index (κ3) is 7.82. The molecule has 21 heavy (non-hydrogen) atoms. The smallest absolute Gasteiger partial charge is 0.158 e. The van der Waals surface area contributed by atoms with E-state index in [4.69, 9.17) is 4.74 Å². The Labute approximate surface area is 128 Å². The highest BCUT2D eigenvalue weighted by Gasteiger charge is 2.04. The molecule has 0 saturated heterocycles. The van der Waals surface area contributed by atoms with Crippen LogP contribution in [-0.2, 0) is 11.3 Å². The monoisotopic (exact) mass is 295 g/mol. The van der Waals surface area contributed by atoms with E-state index >= 15 is 0 Å². The number of aromatic nitrogens is 2. The first kappa shape index (κ1) is 17.7. The second kappa shape index (κ2) is 10.3. The summed E-state index contributed by atoms with van der Waals surface area (Å²) in [6.07, 6.45) is 2.14. The van der Waals surface area contributed by atoms with Crippen molar-refractivity contribution in [2.75, 3.05) is 51.0 Å². The number of hydrogen-bond donors (Lipinski definition) is 2. The molecule has 1 aromatic rings. The lowest BCUT2D eigenvalue weighted by molar-refractivity contribution is 0.128. The van der Waals surface area contributed by atoms with E-state index in [1.54, 1.807) is 0 Å². The van der Waals surface area contributed by atoms with Crippen molar-refractivity contribution in [3.8, 4) is 0 Å². The Morgan fingerprint density at radius 2 is 1.76 bits per heavy atom. The van der Waals surface area contributed by atoms with E-state index in [0.717, 1.165) is 44.1 Å². The molecule has 0 bridgehead atoms. The van der Waals surface area contributed by atoms with Gasteiger partial charge < -0.3 is 20.3 Å². The molecule has 0 spiro atoms. The third-order valence-corrected chi connectivity index (χ3v) is 2.85.